The summed E-state index contributed by atoms with van der Waals surface area (Å²) >= 11 is 63.9. The van der Waals surface area contributed by atoms with Crippen LogP contribution >= 0.6 is 376 Å². The number of hydrogen-bond acceptors (Lipinski definition) is 32. The zero-order valence-electron chi connectivity index (χ0n) is 42.9. The van der Waals surface area contributed by atoms with Crippen LogP contribution in [-0.2, 0) is 0 Å². The van der Waals surface area contributed by atoms with Crippen molar-refractivity contribution in [1.82, 2.24) is 0 Å². The molecule has 10 aliphatic heterocycles. The predicted octanol–water partition coefficient (Wildman–Crippen LogP) is 30.3. The highest BCUT2D eigenvalue weighted by Crippen LogP contribution is 2.71. The second-order valence-electron chi connectivity index (χ2n) is 15.3. The van der Waals surface area contributed by atoms with Gasteiger partial charge in [0.1, 0.15) is 0 Å². The van der Waals surface area contributed by atoms with E-state index in [1.165, 1.54) is 132 Å². The SMILES string of the molecule is CSC1=C(SCSC2=C(SCSC3=C(SC)SC(=C4SC(C)=C(C)S4)S3)SC(=C3SC(SCSC4=C(SC)SC(=C5SC(C)=C(C)S5)S4)=C(SCSC4=C(SC)SC(=C5SC(C)=C(C)S5)S4)S3)S2)SC(=C2SC(C)=C(C)S2)S1. The molecule has 0 saturated heterocycles. The van der Waals surface area contributed by atoms with Gasteiger partial charge in [0.05, 0.1) is 93.2 Å². The summed E-state index contributed by atoms with van der Waals surface area (Å²) < 4.78 is 32.2. The highest BCUT2D eigenvalue weighted by atomic mass is 32.3. The van der Waals surface area contributed by atoms with Crippen LogP contribution in [0.2, 0.25) is 0 Å². The summed E-state index contributed by atoms with van der Waals surface area (Å²) in [6.45, 7) is 18.1. The van der Waals surface area contributed by atoms with Crippen LogP contribution in [-0.4, -0.2) is 45.4 Å². The van der Waals surface area contributed by atoms with Gasteiger partial charge >= 0.3 is 0 Å². The van der Waals surface area contributed by atoms with Crippen molar-refractivity contribution in [2.24, 2.45) is 0 Å². The summed E-state index contributed by atoms with van der Waals surface area (Å²) in [5.74, 6) is 0. The first-order valence-electron chi connectivity index (χ1n) is 22.3. The van der Waals surface area contributed by atoms with Crippen LogP contribution in [0.1, 0.15) is 55.4 Å². The molecule has 0 atom stereocenters. The number of rotatable bonds is 20. The molecule has 0 saturated carbocycles. The minimum atomic E-state index is 1.00. The molecule has 0 aromatic rings. The van der Waals surface area contributed by atoms with Gasteiger partial charge in [-0.25, -0.2) is 0 Å². The van der Waals surface area contributed by atoms with Gasteiger partial charge in [0.2, 0.25) is 0 Å². The average Bonchev–Trinajstić information content (AvgIpc) is 4.34. The third-order valence-corrected chi connectivity index (χ3v) is 56.5. The van der Waals surface area contributed by atoms with Crippen LogP contribution in [0, 0.1) is 0 Å². The standard InChI is InChI=1S/C46H44S32/c1-17-18(2)60-37(59-17)41-67-25(47-9)29(71-41)51-13-55-33-34(56-14-52-30-26(48-10)68-42(72-30)38-61-19(3)20(4)62-38)76-45(75-33)46-77-35(57-15-53-31-27(49-11)69-43(73-31)39-63-21(5)22(6)64-39)36(78-46)58-16-54-32-28(50-12)70-44(74-32)40-65-23(7)24(8)66-40/h13-16H2,1-12H3. The molecule has 0 unspecified atom stereocenters. The molecule has 0 fully saturated rings. The molecule has 10 heterocycles. The molecule has 420 valence electrons. The first-order valence-corrected chi connectivity index (χ1v) is 51.4. The molecule has 10 aliphatic rings. The van der Waals surface area contributed by atoms with Crippen molar-refractivity contribution < 1.29 is 0 Å². The van der Waals surface area contributed by atoms with Gasteiger partial charge in [0, 0.05) is 20.3 Å². The summed E-state index contributed by atoms with van der Waals surface area (Å²) in [6.07, 6.45) is 8.99. The number of allylic oxidation sites excluding steroid dienone is 8. The molecule has 10 rings (SSSR count). The molecule has 0 radical (unpaired) electrons. The van der Waals surface area contributed by atoms with Gasteiger partial charge in [-0.3, -0.25) is 0 Å². The van der Waals surface area contributed by atoms with Gasteiger partial charge < -0.3 is 0 Å². The summed E-state index contributed by atoms with van der Waals surface area (Å²) in [5.41, 5.74) is 0. The minimum Gasteiger partial charge on any atom is -0.121 e. The second-order valence-corrected chi connectivity index (χ2v) is 55.6. The van der Waals surface area contributed by atoms with E-state index < -0.39 is 0 Å². The van der Waals surface area contributed by atoms with Crippen molar-refractivity contribution in [3.63, 3.8) is 0 Å². The summed E-state index contributed by atoms with van der Waals surface area (Å²) in [6, 6.07) is 0. The van der Waals surface area contributed by atoms with E-state index in [9.17, 15) is 0 Å². The van der Waals surface area contributed by atoms with Crippen molar-refractivity contribution in [3.05, 3.63) is 132 Å². The molecule has 0 spiro atoms. The topological polar surface area (TPSA) is 0 Å². The largest absolute Gasteiger partial charge is 0.121 e. The lowest BCUT2D eigenvalue weighted by molar-refractivity contribution is 1.57. The number of thioether (sulfide) groups is 32. The summed E-state index contributed by atoms with van der Waals surface area (Å²) in [4.78, 5) is 11.5. The Kier molecular flexibility index (Phi) is 28.8. The lowest BCUT2D eigenvalue weighted by Gasteiger charge is -2.07. The second kappa shape index (κ2) is 32.9. The van der Waals surface area contributed by atoms with Gasteiger partial charge in [0.25, 0.3) is 0 Å². The summed E-state index contributed by atoms with van der Waals surface area (Å²) in [7, 11) is 0. The third kappa shape index (κ3) is 17.6. The molecular formula is C46H44S32. The van der Waals surface area contributed by atoms with Gasteiger partial charge in [-0.15, -0.1) is 141 Å². The number of hydrogen-bond donors (Lipinski definition) is 0. The molecular weight excluding hydrogens is 1580 g/mol. The predicted molar refractivity (Wildman–Crippen MR) is 437 cm³/mol. The van der Waals surface area contributed by atoms with Crippen molar-refractivity contribution in [3.8, 4) is 0 Å². The Hall–Kier alpha value is 7.30. The van der Waals surface area contributed by atoms with Gasteiger partial charge in [-0.05, 0) is 120 Å². The smallest absolute Gasteiger partial charge is 0.0717 e. The van der Waals surface area contributed by atoms with Crippen molar-refractivity contribution >= 4 is 376 Å². The molecule has 0 N–H and O–H groups in total. The van der Waals surface area contributed by atoms with E-state index in [1.54, 1.807) is 0 Å². The third-order valence-electron chi connectivity index (χ3n) is 10.3. The van der Waals surface area contributed by atoms with Crippen LogP contribution in [0.25, 0.3) is 0 Å². The van der Waals surface area contributed by atoms with Crippen molar-refractivity contribution in [2.45, 2.75) is 55.4 Å². The maximum absolute atomic E-state index is 2.26. The van der Waals surface area contributed by atoms with E-state index in [0.717, 1.165) is 20.3 Å². The van der Waals surface area contributed by atoms with Gasteiger partial charge in [-0.2, -0.15) is 0 Å². The Balaban J connectivity index is 0.849. The lowest BCUT2D eigenvalue weighted by Crippen LogP contribution is -1.77. The van der Waals surface area contributed by atoms with E-state index >= 15 is 0 Å². The molecule has 0 aromatic carbocycles. The van der Waals surface area contributed by atoms with E-state index in [-0.39, 0.29) is 0 Å². The van der Waals surface area contributed by atoms with Crippen LogP contribution in [0.5, 0.6) is 0 Å². The molecule has 32 heteroatoms. The fourth-order valence-corrected chi connectivity index (χ4v) is 53.1. The Morgan fingerprint density at radius 3 is 0.436 bits per heavy atom. The molecule has 0 aliphatic carbocycles. The zero-order chi connectivity index (χ0) is 54.8. The quantitative estimate of drug-likeness (QED) is 0.106. The van der Waals surface area contributed by atoms with Crippen LogP contribution < -0.4 is 0 Å². The van der Waals surface area contributed by atoms with E-state index in [0.29, 0.717) is 0 Å². The zero-order valence-corrected chi connectivity index (χ0v) is 69.0. The van der Waals surface area contributed by atoms with Crippen molar-refractivity contribution in [1.29, 1.82) is 0 Å². The fourth-order valence-electron chi connectivity index (χ4n) is 5.99. The molecule has 0 amide bonds. The maximum atomic E-state index is 2.26. The first kappa shape index (κ1) is 68.2. The van der Waals surface area contributed by atoms with Gasteiger partial charge in [0.15, 0.2) is 0 Å². The lowest BCUT2D eigenvalue weighted by atomic mass is 10.6. The molecule has 0 aromatic heterocycles. The normalized spacial score (nSPS) is 22.9. The Labute approximate surface area is 599 Å². The Morgan fingerprint density at radius 2 is 0.295 bits per heavy atom. The molecule has 78 heavy (non-hydrogen) atoms. The van der Waals surface area contributed by atoms with Gasteiger partial charge in [-0.1, -0.05) is 235 Å². The minimum absolute atomic E-state index is 1.00. The fraction of sp³-hybridized carbons (Fsp3) is 0.348. The highest BCUT2D eigenvalue weighted by Gasteiger charge is 2.36. The van der Waals surface area contributed by atoms with Crippen LogP contribution in [0.3, 0.4) is 0 Å². The Bertz CT molecular complexity index is 2570. The molecule has 0 nitrogen and oxygen atoms in total. The average molecular weight is 1620 g/mol. The first-order chi connectivity index (χ1) is 37.7. The molecule has 0 bridgehead atoms. The van der Waals surface area contributed by atoms with Crippen molar-refractivity contribution in [2.75, 3.05) is 45.4 Å². The highest BCUT2D eigenvalue weighted by molar-refractivity contribution is 8.50. The van der Waals surface area contributed by atoms with E-state index in [4.69, 9.17) is 0 Å². The summed E-state index contributed by atoms with van der Waals surface area (Å²) in [5, 5.41) is 4.01. The van der Waals surface area contributed by atoms with E-state index in [2.05, 4.69) is 127 Å². The van der Waals surface area contributed by atoms with Crippen LogP contribution in [0.15, 0.2) is 132 Å². The maximum Gasteiger partial charge on any atom is 0.0717 e. The van der Waals surface area contributed by atoms with Crippen LogP contribution in [0.4, 0.5) is 0 Å². The Morgan fingerprint density at radius 1 is 0.179 bits per heavy atom. The monoisotopic (exact) mass is 1620 g/mol. The van der Waals surface area contributed by atoms with E-state index in [1.807, 2.05) is 329 Å².